The molecule has 1 saturated heterocycles. The summed E-state index contributed by atoms with van der Waals surface area (Å²) in [5, 5.41) is 6.49. The second-order valence-electron chi connectivity index (χ2n) is 7.24. The van der Waals surface area contributed by atoms with E-state index in [-0.39, 0.29) is 17.9 Å². The predicted octanol–water partition coefficient (Wildman–Crippen LogP) is 3.86. The van der Waals surface area contributed by atoms with Crippen molar-refractivity contribution in [2.24, 2.45) is 0 Å². The Morgan fingerprint density at radius 1 is 1.14 bits per heavy atom. The zero-order valence-electron chi connectivity index (χ0n) is 15.8. The maximum absolute atomic E-state index is 12.9. The van der Waals surface area contributed by atoms with Crippen molar-refractivity contribution in [3.63, 3.8) is 0 Å². The standard InChI is InChI=1S/C23H25N3O2/c27-22(21-16-28-23(26-21)19-12-7-13-24-15-19)25-20(18-10-5-2-6-11-18)14-17-8-3-1-4-9-17/h1-6,8-11,16,19-20,24H,7,12-15H2,(H,25,27). The molecule has 2 heterocycles. The van der Waals surface area contributed by atoms with Gasteiger partial charge in [-0.15, -0.1) is 0 Å². The number of carbonyl (C=O) groups is 1. The Hall–Kier alpha value is -2.92. The predicted molar refractivity (Wildman–Crippen MR) is 108 cm³/mol. The lowest BCUT2D eigenvalue weighted by Crippen LogP contribution is -2.30. The average molecular weight is 375 g/mol. The van der Waals surface area contributed by atoms with E-state index in [1.54, 1.807) is 0 Å². The zero-order valence-corrected chi connectivity index (χ0v) is 15.8. The lowest BCUT2D eigenvalue weighted by molar-refractivity contribution is 0.0931. The van der Waals surface area contributed by atoms with Crippen LogP contribution in [0.5, 0.6) is 0 Å². The van der Waals surface area contributed by atoms with Crippen molar-refractivity contribution in [1.82, 2.24) is 15.6 Å². The van der Waals surface area contributed by atoms with Crippen molar-refractivity contribution in [3.05, 3.63) is 89.6 Å². The third-order valence-electron chi connectivity index (χ3n) is 5.19. The summed E-state index contributed by atoms with van der Waals surface area (Å²) in [5.74, 6) is 0.685. The molecule has 1 aliphatic rings. The van der Waals surface area contributed by atoms with Crippen molar-refractivity contribution >= 4 is 5.91 Å². The van der Waals surface area contributed by atoms with Gasteiger partial charge in [0.05, 0.1) is 6.04 Å². The molecule has 1 fully saturated rings. The fourth-order valence-corrected chi connectivity index (χ4v) is 3.66. The summed E-state index contributed by atoms with van der Waals surface area (Å²) in [5.41, 5.74) is 2.58. The number of nitrogens with one attached hydrogen (secondary N) is 2. The molecule has 5 heteroatoms. The van der Waals surface area contributed by atoms with Crippen molar-refractivity contribution < 1.29 is 9.21 Å². The van der Waals surface area contributed by atoms with Crippen LogP contribution in [0.1, 0.15) is 52.3 Å². The van der Waals surface area contributed by atoms with Crippen molar-refractivity contribution in [3.8, 4) is 0 Å². The molecule has 1 aliphatic heterocycles. The van der Waals surface area contributed by atoms with E-state index >= 15 is 0 Å². The van der Waals surface area contributed by atoms with Gasteiger partial charge in [-0.3, -0.25) is 4.79 Å². The number of oxazole rings is 1. The van der Waals surface area contributed by atoms with E-state index in [1.807, 2.05) is 48.5 Å². The Labute approximate surface area is 165 Å². The van der Waals surface area contributed by atoms with Crippen molar-refractivity contribution in [1.29, 1.82) is 0 Å². The monoisotopic (exact) mass is 375 g/mol. The van der Waals surface area contributed by atoms with Gasteiger partial charge in [-0.25, -0.2) is 4.98 Å². The van der Waals surface area contributed by atoms with Crippen LogP contribution in [0.3, 0.4) is 0 Å². The Balaban J connectivity index is 1.50. The number of amides is 1. The van der Waals surface area contributed by atoms with E-state index in [4.69, 9.17) is 4.42 Å². The lowest BCUT2D eigenvalue weighted by atomic mass is 9.98. The molecule has 1 amide bonds. The topological polar surface area (TPSA) is 67.2 Å². The summed E-state index contributed by atoms with van der Waals surface area (Å²) < 4.78 is 5.62. The molecule has 1 aromatic heterocycles. The van der Waals surface area contributed by atoms with Gasteiger partial charge in [0.2, 0.25) is 0 Å². The van der Waals surface area contributed by atoms with Crippen LogP contribution >= 0.6 is 0 Å². The number of hydrogen-bond acceptors (Lipinski definition) is 4. The number of nitrogens with zero attached hydrogens (tertiary/aromatic N) is 1. The minimum atomic E-state index is -0.205. The molecule has 28 heavy (non-hydrogen) atoms. The zero-order chi connectivity index (χ0) is 19.2. The summed E-state index contributed by atoms with van der Waals surface area (Å²) in [6.45, 7) is 1.88. The van der Waals surface area contributed by atoms with Gasteiger partial charge in [0, 0.05) is 12.5 Å². The van der Waals surface area contributed by atoms with E-state index < -0.39 is 0 Å². The highest BCUT2D eigenvalue weighted by Gasteiger charge is 2.23. The highest BCUT2D eigenvalue weighted by Crippen LogP contribution is 2.23. The SMILES string of the molecule is O=C(NC(Cc1ccccc1)c1ccccc1)c1coc(C2CCCNC2)n1. The van der Waals surface area contributed by atoms with Crippen molar-refractivity contribution in [2.75, 3.05) is 13.1 Å². The molecule has 0 radical (unpaired) electrons. The van der Waals surface area contributed by atoms with Gasteiger partial charge in [0.15, 0.2) is 11.6 Å². The number of piperidine rings is 1. The highest BCUT2D eigenvalue weighted by atomic mass is 16.3. The van der Waals surface area contributed by atoms with Crippen LogP contribution in [0, 0.1) is 0 Å². The Morgan fingerprint density at radius 2 is 1.89 bits per heavy atom. The number of carbonyl (C=O) groups excluding carboxylic acids is 1. The fraction of sp³-hybridized carbons (Fsp3) is 0.304. The molecule has 2 aromatic carbocycles. The Bertz CT molecular complexity index is 886. The summed E-state index contributed by atoms with van der Waals surface area (Å²) in [6, 6.07) is 20.1. The van der Waals surface area contributed by atoms with E-state index in [1.165, 1.54) is 11.8 Å². The van der Waals surface area contributed by atoms with Crippen LogP contribution in [-0.4, -0.2) is 24.0 Å². The van der Waals surface area contributed by atoms with Crippen LogP contribution in [0.25, 0.3) is 0 Å². The summed E-state index contributed by atoms with van der Waals surface area (Å²) in [7, 11) is 0. The van der Waals surface area contributed by atoms with Crippen LogP contribution in [0.4, 0.5) is 0 Å². The van der Waals surface area contributed by atoms with Gasteiger partial charge in [-0.2, -0.15) is 0 Å². The minimum Gasteiger partial charge on any atom is -0.448 e. The van der Waals surface area contributed by atoms with Gasteiger partial charge < -0.3 is 15.1 Å². The van der Waals surface area contributed by atoms with Crippen molar-refractivity contribution in [2.45, 2.75) is 31.2 Å². The molecule has 2 N–H and O–H groups in total. The van der Waals surface area contributed by atoms with E-state index in [0.717, 1.165) is 31.5 Å². The second-order valence-corrected chi connectivity index (χ2v) is 7.24. The first-order valence-electron chi connectivity index (χ1n) is 9.85. The van der Waals surface area contributed by atoms with Gasteiger partial charge in [-0.1, -0.05) is 60.7 Å². The van der Waals surface area contributed by atoms with E-state index in [0.29, 0.717) is 18.0 Å². The molecule has 2 atom stereocenters. The molecule has 0 aliphatic carbocycles. The quantitative estimate of drug-likeness (QED) is 0.687. The summed E-state index contributed by atoms with van der Waals surface area (Å²) >= 11 is 0. The molecule has 4 rings (SSSR count). The number of hydrogen-bond donors (Lipinski definition) is 2. The van der Waals surface area contributed by atoms with Gasteiger partial charge in [-0.05, 0) is 36.9 Å². The molecular formula is C23H25N3O2. The molecule has 5 nitrogen and oxygen atoms in total. The third kappa shape index (κ3) is 4.49. The highest BCUT2D eigenvalue weighted by molar-refractivity contribution is 5.92. The molecule has 3 aromatic rings. The normalized spacial score (nSPS) is 17.8. The van der Waals surface area contributed by atoms with Gasteiger partial charge in [0.25, 0.3) is 5.91 Å². The summed E-state index contributed by atoms with van der Waals surface area (Å²) in [6.07, 6.45) is 4.33. The smallest absolute Gasteiger partial charge is 0.273 e. The number of benzene rings is 2. The molecule has 0 spiro atoms. The number of rotatable bonds is 6. The second kappa shape index (κ2) is 8.85. The first-order chi connectivity index (χ1) is 13.8. The minimum absolute atomic E-state index is 0.132. The number of aromatic nitrogens is 1. The molecule has 0 bridgehead atoms. The average Bonchev–Trinajstić information content (AvgIpc) is 3.26. The molecule has 2 unspecified atom stereocenters. The Morgan fingerprint density at radius 3 is 2.61 bits per heavy atom. The summed E-state index contributed by atoms with van der Waals surface area (Å²) in [4.78, 5) is 17.3. The first kappa shape index (κ1) is 18.4. The largest absolute Gasteiger partial charge is 0.448 e. The lowest BCUT2D eigenvalue weighted by Gasteiger charge is -2.19. The molecule has 0 saturated carbocycles. The molecular weight excluding hydrogens is 350 g/mol. The third-order valence-corrected chi connectivity index (χ3v) is 5.19. The van der Waals surface area contributed by atoms with Crippen LogP contribution < -0.4 is 10.6 Å². The van der Waals surface area contributed by atoms with E-state index in [9.17, 15) is 4.79 Å². The van der Waals surface area contributed by atoms with Crippen LogP contribution in [0.15, 0.2) is 71.3 Å². The maximum Gasteiger partial charge on any atom is 0.273 e. The van der Waals surface area contributed by atoms with E-state index in [2.05, 4.69) is 27.8 Å². The first-order valence-corrected chi connectivity index (χ1v) is 9.85. The molecule has 144 valence electrons. The van der Waals surface area contributed by atoms with Crippen LogP contribution in [-0.2, 0) is 6.42 Å². The van der Waals surface area contributed by atoms with Crippen LogP contribution in [0.2, 0.25) is 0 Å². The Kier molecular flexibility index (Phi) is 5.83. The van der Waals surface area contributed by atoms with Gasteiger partial charge >= 0.3 is 0 Å². The maximum atomic E-state index is 12.9. The van der Waals surface area contributed by atoms with Gasteiger partial charge in [0.1, 0.15) is 6.26 Å². The fourth-order valence-electron chi connectivity index (χ4n) is 3.66.